The van der Waals surface area contributed by atoms with Crippen LogP contribution in [0.5, 0.6) is 0 Å². The van der Waals surface area contributed by atoms with E-state index in [1.54, 1.807) is 54.6 Å². The van der Waals surface area contributed by atoms with Crippen LogP contribution in [0.25, 0.3) is 0 Å². The second kappa shape index (κ2) is 8.09. The number of pyridine rings is 1. The zero-order valence-corrected chi connectivity index (χ0v) is 14.5. The van der Waals surface area contributed by atoms with Gasteiger partial charge in [-0.05, 0) is 42.5 Å². The minimum Gasteiger partial charge on any atom is -0.338 e. The van der Waals surface area contributed by atoms with E-state index in [9.17, 15) is 14.0 Å². The SMILES string of the molecule is CC(=O)Nc1cccc(NC(=O)c2ccc(Nc3ccccc3F)nc2)c1. The lowest BCUT2D eigenvalue weighted by molar-refractivity contribution is -0.114. The Morgan fingerprint density at radius 1 is 0.926 bits per heavy atom. The highest BCUT2D eigenvalue weighted by Crippen LogP contribution is 2.19. The molecule has 0 spiro atoms. The first-order valence-electron chi connectivity index (χ1n) is 8.18. The maximum absolute atomic E-state index is 13.7. The average molecular weight is 364 g/mol. The number of anilines is 4. The van der Waals surface area contributed by atoms with Crippen LogP contribution < -0.4 is 16.0 Å². The molecule has 0 aliphatic carbocycles. The summed E-state index contributed by atoms with van der Waals surface area (Å²) in [5.74, 6) is -0.509. The second-order valence-electron chi connectivity index (χ2n) is 5.75. The second-order valence-corrected chi connectivity index (χ2v) is 5.75. The van der Waals surface area contributed by atoms with Crippen LogP contribution in [-0.2, 0) is 4.79 Å². The van der Waals surface area contributed by atoms with Gasteiger partial charge in [-0.15, -0.1) is 0 Å². The van der Waals surface area contributed by atoms with Crippen LogP contribution in [0.2, 0.25) is 0 Å². The number of nitrogens with zero attached hydrogens (tertiary/aromatic N) is 1. The third kappa shape index (κ3) is 4.88. The molecule has 136 valence electrons. The van der Waals surface area contributed by atoms with Crippen molar-refractivity contribution in [2.45, 2.75) is 6.92 Å². The van der Waals surface area contributed by atoms with Crippen molar-refractivity contribution in [1.82, 2.24) is 4.98 Å². The number of aromatic nitrogens is 1. The lowest BCUT2D eigenvalue weighted by Gasteiger charge is -2.09. The van der Waals surface area contributed by atoms with Gasteiger partial charge in [0, 0.05) is 24.5 Å². The molecule has 0 saturated heterocycles. The molecule has 0 saturated carbocycles. The average Bonchev–Trinajstić information content (AvgIpc) is 2.64. The molecule has 0 radical (unpaired) electrons. The molecule has 0 fully saturated rings. The molecule has 1 aromatic heterocycles. The van der Waals surface area contributed by atoms with E-state index >= 15 is 0 Å². The Balaban J connectivity index is 1.67. The Hall–Kier alpha value is -3.74. The van der Waals surface area contributed by atoms with E-state index in [2.05, 4.69) is 20.9 Å². The first-order valence-corrected chi connectivity index (χ1v) is 8.18. The van der Waals surface area contributed by atoms with Gasteiger partial charge in [-0.25, -0.2) is 9.37 Å². The van der Waals surface area contributed by atoms with Gasteiger partial charge in [-0.3, -0.25) is 9.59 Å². The number of nitrogens with one attached hydrogen (secondary N) is 3. The van der Waals surface area contributed by atoms with Gasteiger partial charge in [0.2, 0.25) is 5.91 Å². The molecule has 1 heterocycles. The molecule has 0 atom stereocenters. The van der Waals surface area contributed by atoms with E-state index in [0.717, 1.165) is 0 Å². The summed E-state index contributed by atoms with van der Waals surface area (Å²) in [5, 5.41) is 8.25. The predicted octanol–water partition coefficient (Wildman–Crippen LogP) is 4.18. The maximum Gasteiger partial charge on any atom is 0.257 e. The Morgan fingerprint density at radius 2 is 1.67 bits per heavy atom. The lowest BCUT2D eigenvalue weighted by atomic mass is 10.2. The fourth-order valence-electron chi connectivity index (χ4n) is 2.38. The molecule has 0 aliphatic rings. The number of rotatable bonds is 5. The molecule has 3 aromatic rings. The third-order valence-corrected chi connectivity index (χ3v) is 3.60. The van der Waals surface area contributed by atoms with E-state index in [1.807, 2.05) is 0 Å². The molecule has 0 bridgehead atoms. The molecule has 0 unspecified atom stereocenters. The topological polar surface area (TPSA) is 83.1 Å². The number of halogens is 1. The largest absolute Gasteiger partial charge is 0.338 e. The predicted molar refractivity (Wildman–Crippen MR) is 103 cm³/mol. The molecular formula is C20H17FN4O2. The van der Waals surface area contributed by atoms with Crippen LogP contribution in [0, 0.1) is 5.82 Å². The number of hydrogen-bond donors (Lipinski definition) is 3. The quantitative estimate of drug-likeness (QED) is 0.634. The van der Waals surface area contributed by atoms with Crippen molar-refractivity contribution >= 4 is 34.7 Å². The van der Waals surface area contributed by atoms with Crippen LogP contribution in [0.4, 0.5) is 27.3 Å². The number of carbonyl (C=O) groups is 2. The maximum atomic E-state index is 13.7. The Morgan fingerprint density at radius 3 is 2.33 bits per heavy atom. The third-order valence-electron chi connectivity index (χ3n) is 3.60. The number of carbonyl (C=O) groups excluding carboxylic acids is 2. The van der Waals surface area contributed by atoms with Crippen LogP contribution in [0.15, 0.2) is 66.9 Å². The summed E-state index contributed by atoms with van der Waals surface area (Å²) in [5.41, 5.74) is 1.78. The molecule has 2 amide bonds. The van der Waals surface area contributed by atoms with Gasteiger partial charge in [0.25, 0.3) is 5.91 Å². The summed E-state index contributed by atoms with van der Waals surface area (Å²) in [6.07, 6.45) is 1.40. The summed E-state index contributed by atoms with van der Waals surface area (Å²) in [4.78, 5) is 27.6. The van der Waals surface area contributed by atoms with Crippen molar-refractivity contribution in [3.63, 3.8) is 0 Å². The Kier molecular flexibility index (Phi) is 5.41. The van der Waals surface area contributed by atoms with Gasteiger partial charge in [0.05, 0.1) is 11.3 Å². The number of para-hydroxylation sites is 1. The highest BCUT2D eigenvalue weighted by Gasteiger charge is 2.08. The van der Waals surface area contributed by atoms with Gasteiger partial charge < -0.3 is 16.0 Å². The normalized spacial score (nSPS) is 10.1. The molecule has 27 heavy (non-hydrogen) atoms. The van der Waals surface area contributed by atoms with Gasteiger partial charge in [-0.2, -0.15) is 0 Å². The number of benzene rings is 2. The zero-order chi connectivity index (χ0) is 19.2. The van der Waals surface area contributed by atoms with Gasteiger partial charge in [0.15, 0.2) is 0 Å². The van der Waals surface area contributed by atoms with Gasteiger partial charge in [-0.1, -0.05) is 18.2 Å². The molecule has 0 aliphatic heterocycles. The van der Waals surface area contributed by atoms with Crippen molar-refractivity contribution in [3.05, 3.63) is 78.2 Å². The van der Waals surface area contributed by atoms with E-state index in [-0.39, 0.29) is 17.6 Å². The van der Waals surface area contributed by atoms with Crippen LogP contribution in [0.1, 0.15) is 17.3 Å². The highest BCUT2D eigenvalue weighted by atomic mass is 19.1. The standard InChI is InChI=1S/C20H17FN4O2/c1-13(26)23-15-5-4-6-16(11-15)24-20(27)14-9-10-19(22-12-14)25-18-8-3-2-7-17(18)21/h2-12H,1H3,(H,22,25)(H,23,26)(H,24,27). The first kappa shape index (κ1) is 18.1. The Bertz CT molecular complexity index is 974. The van der Waals surface area contributed by atoms with Crippen molar-refractivity contribution in [1.29, 1.82) is 0 Å². The molecule has 3 rings (SSSR count). The lowest BCUT2D eigenvalue weighted by Crippen LogP contribution is -2.13. The summed E-state index contributed by atoms with van der Waals surface area (Å²) < 4.78 is 13.7. The number of hydrogen-bond acceptors (Lipinski definition) is 4. The molecule has 2 aromatic carbocycles. The summed E-state index contributed by atoms with van der Waals surface area (Å²) in [6.45, 7) is 1.41. The monoisotopic (exact) mass is 364 g/mol. The van der Waals surface area contributed by atoms with E-state index in [4.69, 9.17) is 0 Å². The fourth-order valence-corrected chi connectivity index (χ4v) is 2.38. The highest BCUT2D eigenvalue weighted by molar-refractivity contribution is 6.04. The zero-order valence-electron chi connectivity index (χ0n) is 14.5. The smallest absolute Gasteiger partial charge is 0.257 e. The van der Waals surface area contributed by atoms with Crippen molar-refractivity contribution in [2.75, 3.05) is 16.0 Å². The fraction of sp³-hybridized carbons (Fsp3) is 0.0500. The van der Waals surface area contributed by atoms with Crippen molar-refractivity contribution in [3.8, 4) is 0 Å². The molecule has 3 N–H and O–H groups in total. The van der Waals surface area contributed by atoms with Crippen molar-refractivity contribution in [2.24, 2.45) is 0 Å². The van der Waals surface area contributed by atoms with E-state index in [1.165, 1.54) is 19.2 Å². The van der Waals surface area contributed by atoms with Crippen LogP contribution in [0.3, 0.4) is 0 Å². The minimum absolute atomic E-state index is 0.194. The summed E-state index contributed by atoms with van der Waals surface area (Å²) in [6, 6.07) is 16.2. The first-order chi connectivity index (χ1) is 13.0. The molecule has 6 nitrogen and oxygen atoms in total. The van der Waals surface area contributed by atoms with Gasteiger partial charge in [0.1, 0.15) is 11.6 Å². The summed E-state index contributed by atoms with van der Waals surface area (Å²) in [7, 11) is 0. The van der Waals surface area contributed by atoms with E-state index in [0.29, 0.717) is 28.4 Å². The molecular weight excluding hydrogens is 347 g/mol. The molecule has 7 heteroatoms. The van der Waals surface area contributed by atoms with Crippen LogP contribution in [-0.4, -0.2) is 16.8 Å². The van der Waals surface area contributed by atoms with Gasteiger partial charge >= 0.3 is 0 Å². The van der Waals surface area contributed by atoms with Crippen LogP contribution >= 0.6 is 0 Å². The number of amides is 2. The summed E-state index contributed by atoms with van der Waals surface area (Å²) >= 11 is 0. The van der Waals surface area contributed by atoms with Crippen molar-refractivity contribution < 1.29 is 14.0 Å². The Labute approximate surface area is 155 Å². The van der Waals surface area contributed by atoms with E-state index < -0.39 is 0 Å². The minimum atomic E-state index is -0.389.